The summed E-state index contributed by atoms with van der Waals surface area (Å²) in [4.78, 5) is 17.1. The van der Waals surface area contributed by atoms with Gasteiger partial charge in [0, 0.05) is 11.9 Å². The summed E-state index contributed by atoms with van der Waals surface area (Å²) < 4.78 is 37.6. The van der Waals surface area contributed by atoms with E-state index in [2.05, 4.69) is 4.98 Å². The predicted octanol–water partition coefficient (Wildman–Crippen LogP) is 2.90. The van der Waals surface area contributed by atoms with Crippen molar-refractivity contribution in [3.63, 3.8) is 0 Å². The van der Waals surface area contributed by atoms with E-state index >= 15 is 0 Å². The highest BCUT2D eigenvalue weighted by atomic mass is 19.4. The quantitative estimate of drug-likeness (QED) is 0.822. The first kappa shape index (κ1) is 13.4. The van der Waals surface area contributed by atoms with Crippen LogP contribution in [0.5, 0.6) is 0 Å². The molecule has 2 aromatic rings. The molecule has 21 heavy (non-hydrogen) atoms. The van der Waals surface area contributed by atoms with Gasteiger partial charge in [0.05, 0.1) is 17.7 Å². The Morgan fingerprint density at radius 3 is 2.57 bits per heavy atom. The summed E-state index contributed by atoms with van der Waals surface area (Å²) in [5.41, 5.74) is 6.67. The minimum absolute atomic E-state index is 0.156. The van der Waals surface area contributed by atoms with Crippen molar-refractivity contribution in [1.82, 2.24) is 4.98 Å². The zero-order valence-corrected chi connectivity index (χ0v) is 10.7. The van der Waals surface area contributed by atoms with Gasteiger partial charge in [-0.25, -0.2) is 4.98 Å². The number of nitrogens with zero attached hydrogens (tertiary/aromatic N) is 2. The third-order valence-electron chi connectivity index (χ3n) is 3.24. The highest BCUT2D eigenvalue weighted by molar-refractivity contribution is 6.06. The van der Waals surface area contributed by atoms with E-state index < -0.39 is 11.7 Å². The van der Waals surface area contributed by atoms with E-state index in [9.17, 15) is 18.0 Å². The van der Waals surface area contributed by atoms with Gasteiger partial charge in [-0.05, 0) is 35.9 Å². The lowest BCUT2D eigenvalue weighted by molar-refractivity contribution is -0.137. The van der Waals surface area contributed by atoms with Gasteiger partial charge in [-0.2, -0.15) is 13.2 Å². The average molecular weight is 293 g/mol. The highest BCUT2D eigenvalue weighted by Gasteiger charge is 2.33. The first-order valence-electron chi connectivity index (χ1n) is 6.11. The van der Waals surface area contributed by atoms with Crippen LogP contribution in [0.25, 0.3) is 0 Å². The van der Waals surface area contributed by atoms with Crippen molar-refractivity contribution in [3.8, 4) is 0 Å². The number of halogens is 3. The molecular weight excluding hydrogens is 283 g/mol. The molecule has 1 aromatic heterocycles. The molecule has 0 fully saturated rings. The molecule has 2 N–H and O–H groups in total. The number of hydrogen-bond donors (Lipinski definition) is 1. The fourth-order valence-electron chi connectivity index (χ4n) is 2.28. The van der Waals surface area contributed by atoms with Crippen molar-refractivity contribution >= 4 is 23.1 Å². The Balaban J connectivity index is 2.00. The van der Waals surface area contributed by atoms with Crippen LogP contribution in [-0.2, 0) is 17.4 Å². The summed E-state index contributed by atoms with van der Waals surface area (Å²) in [6, 6.07) is 7.07. The van der Waals surface area contributed by atoms with Gasteiger partial charge in [0.1, 0.15) is 5.82 Å². The number of carbonyl (C=O) groups is 1. The van der Waals surface area contributed by atoms with E-state index in [1.54, 1.807) is 18.2 Å². The van der Waals surface area contributed by atoms with Crippen molar-refractivity contribution in [3.05, 3.63) is 47.7 Å². The molecule has 0 bridgehead atoms. The SMILES string of the molecule is Nc1ccc2c(c1)CC(=O)N2c1ccc(C(F)(F)F)cn1. The Kier molecular flexibility index (Phi) is 2.86. The van der Waals surface area contributed by atoms with Gasteiger partial charge >= 0.3 is 6.18 Å². The number of carbonyl (C=O) groups excluding carboxylic acids is 1. The maximum atomic E-state index is 12.5. The molecule has 0 atom stereocenters. The van der Waals surface area contributed by atoms with Gasteiger partial charge < -0.3 is 5.73 Å². The van der Waals surface area contributed by atoms with Crippen LogP contribution >= 0.6 is 0 Å². The molecule has 2 heterocycles. The first-order chi connectivity index (χ1) is 9.86. The second-order valence-corrected chi connectivity index (χ2v) is 4.70. The topological polar surface area (TPSA) is 59.2 Å². The Hall–Kier alpha value is -2.57. The van der Waals surface area contributed by atoms with Gasteiger partial charge in [0.25, 0.3) is 0 Å². The van der Waals surface area contributed by atoms with E-state index in [0.29, 0.717) is 11.4 Å². The van der Waals surface area contributed by atoms with Crippen LogP contribution in [0.1, 0.15) is 11.1 Å². The van der Waals surface area contributed by atoms with Crippen LogP contribution in [0, 0.1) is 0 Å². The molecule has 1 amide bonds. The number of amides is 1. The van der Waals surface area contributed by atoms with Crippen LogP contribution in [0.4, 0.5) is 30.4 Å². The Morgan fingerprint density at radius 2 is 1.95 bits per heavy atom. The monoisotopic (exact) mass is 293 g/mol. The van der Waals surface area contributed by atoms with E-state index in [1.165, 1.54) is 11.0 Å². The second kappa shape index (κ2) is 4.47. The third-order valence-corrected chi connectivity index (χ3v) is 3.24. The minimum Gasteiger partial charge on any atom is -0.399 e. The van der Waals surface area contributed by atoms with E-state index in [0.717, 1.165) is 17.8 Å². The zero-order valence-electron chi connectivity index (χ0n) is 10.7. The van der Waals surface area contributed by atoms with Crippen molar-refractivity contribution in [2.45, 2.75) is 12.6 Å². The van der Waals surface area contributed by atoms with Gasteiger partial charge in [-0.15, -0.1) is 0 Å². The molecule has 0 saturated heterocycles. The minimum atomic E-state index is -4.45. The average Bonchev–Trinajstić information content (AvgIpc) is 2.73. The predicted molar refractivity (Wildman–Crippen MR) is 70.9 cm³/mol. The number of alkyl halides is 3. The number of hydrogen-bond acceptors (Lipinski definition) is 3. The Labute approximate surface area is 118 Å². The number of aromatic nitrogens is 1. The lowest BCUT2D eigenvalue weighted by atomic mass is 10.1. The molecule has 0 saturated carbocycles. The maximum absolute atomic E-state index is 12.5. The number of fused-ring (bicyclic) bond motifs is 1. The third kappa shape index (κ3) is 2.31. The molecule has 7 heteroatoms. The molecule has 1 aliphatic rings. The number of pyridine rings is 1. The van der Waals surface area contributed by atoms with Crippen molar-refractivity contribution in [2.75, 3.05) is 10.6 Å². The van der Waals surface area contributed by atoms with Gasteiger partial charge in [-0.3, -0.25) is 9.69 Å². The molecule has 1 aromatic carbocycles. The molecule has 0 unspecified atom stereocenters. The van der Waals surface area contributed by atoms with E-state index in [4.69, 9.17) is 5.73 Å². The molecule has 4 nitrogen and oxygen atoms in total. The smallest absolute Gasteiger partial charge is 0.399 e. The van der Waals surface area contributed by atoms with Crippen LogP contribution in [0.3, 0.4) is 0 Å². The lowest BCUT2D eigenvalue weighted by Crippen LogP contribution is -2.22. The molecule has 3 rings (SSSR count). The Morgan fingerprint density at radius 1 is 1.19 bits per heavy atom. The van der Waals surface area contributed by atoms with Crippen LogP contribution in [-0.4, -0.2) is 10.9 Å². The van der Waals surface area contributed by atoms with Crippen LogP contribution in [0.15, 0.2) is 36.5 Å². The summed E-state index contributed by atoms with van der Waals surface area (Å²) in [6.07, 6.45) is -3.58. The standard InChI is InChI=1S/C14H10F3N3O/c15-14(16,17)9-1-4-12(19-7-9)20-11-3-2-10(18)5-8(11)6-13(20)21/h1-5,7H,6,18H2. The molecule has 108 valence electrons. The Bertz CT molecular complexity index is 710. The maximum Gasteiger partial charge on any atom is 0.417 e. The van der Waals surface area contributed by atoms with E-state index in [-0.39, 0.29) is 18.1 Å². The number of rotatable bonds is 1. The number of nitrogen functional groups attached to an aromatic ring is 1. The zero-order chi connectivity index (χ0) is 15.2. The van der Waals surface area contributed by atoms with Crippen molar-refractivity contribution < 1.29 is 18.0 Å². The summed E-state index contributed by atoms with van der Waals surface area (Å²) in [6.45, 7) is 0. The summed E-state index contributed by atoms with van der Waals surface area (Å²) >= 11 is 0. The fraction of sp³-hybridized carbons (Fsp3) is 0.143. The normalized spacial score (nSPS) is 14.4. The van der Waals surface area contributed by atoms with Crippen molar-refractivity contribution in [1.29, 1.82) is 0 Å². The molecule has 0 aliphatic carbocycles. The van der Waals surface area contributed by atoms with Crippen LogP contribution in [0.2, 0.25) is 0 Å². The highest BCUT2D eigenvalue weighted by Crippen LogP contribution is 2.36. The lowest BCUT2D eigenvalue weighted by Gasteiger charge is -2.17. The first-order valence-corrected chi connectivity index (χ1v) is 6.11. The molecule has 1 aliphatic heterocycles. The van der Waals surface area contributed by atoms with Gasteiger partial charge in [-0.1, -0.05) is 0 Å². The largest absolute Gasteiger partial charge is 0.417 e. The number of benzene rings is 1. The molecule has 0 radical (unpaired) electrons. The summed E-state index contributed by atoms with van der Waals surface area (Å²) in [5, 5.41) is 0. The fourth-order valence-corrected chi connectivity index (χ4v) is 2.28. The number of anilines is 3. The summed E-state index contributed by atoms with van der Waals surface area (Å²) in [7, 11) is 0. The van der Waals surface area contributed by atoms with Gasteiger partial charge in [0.15, 0.2) is 0 Å². The van der Waals surface area contributed by atoms with E-state index in [1.807, 2.05) is 0 Å². The molecule has 0 spiro atoms. The second-order valence-electron chi connectivity index (χ2n) is 4.70. The van der Waals surface area contributed by atoms with Gasteiger partial charge in [0.2, 0.25) is 5.91 Å². The summed E-state index contributed by atoms with van der Waals surface area (Å²) in [5.74, 6) is -0.0839. The molecular formula is C14H10F3N3O. The van der Waals surface area contributed by atoms with Crippen molar-refractivity contribution in [2.24, 2.45) is 0 Å². The number of nitrogens with two attached hydrogens (primary N) is 1. The van der Waals surface area contributed by atoms with Crippen LogP contribution < -0.4 is 10.6 Å².